The van der Waals surface area contributed by atoms with Crippen LogP contribution in [-0.4, -0.2) is 35.8 Å². The van der Waals surface area contributed by atoms with Crippen LogP contribution in [0.5, 0.6) is 5.75 Å². The molecular weight excluding hydrogens is 464 g/mol. The number of amides is 2. The molecule has 10 heteroatoms. The van der Waals surface area contributed by atoms with Gasteiger partial charge in [-0.3, -0.25) is 14.9 Å². The number of rotatable bonds is 11. The topological polar surface area (TPSA) is 132 Å². The SMILES string of the molecule is CCOC(=O)N[C@H](Cc1ccccc1)C(=O)N/N=C\c1ccc(OCc2ccc([N+](=O)[O-])cc2)cc1. The standard InChI is InChI=1S/C26H26N4O6/c1-2-35-26(32)28-24(16-19-6-4-3-5-7-19)25(31)29-27-17-20-10-14-23(15-11-20)36-18-21-8-12-22(13-9-21)30(33)34/h3-15,17,24H,2,16,18H2,1H3,(H,28,32)(H,29,31)/b27-17-/t24-/m1/s1. The zero-order valence-electron chi connectivity index (χ0n) is 19.6. The summed E-state index contributed by atoms with van der Waals surface area (Å²) >= 11 is 0. The van der Waals surface area contributed by atoms with Crippen LogP contribution in [0.25, 0.3) is 0 Å². The van der Waals surface area contributed by atoms with Gasteiger partial charge in [0.05, 0.1) is 17.7 Å². The van der Waals surface area contributed by atoms with Crippen LogP contribution >= 0.6 is 0 Å². The Kier molecular flexibility index (Phi) is 9.51. The molecule has 0 fully saturated rings. The van der Waals surface area contributed by atoms with Crippen molar-refractivity contribution in [1.29, 1.82) is 0 Å². The maximum absolute atomic E-state index is 12.7. The lowest BCUT2D eigenvalue weighted by Crippen LogP contribution is -2.47. The highest BCUT2D eigenvalue weighted by Crippen LogP contribution is 2.16. The number of nitrogens with one attached hydrogen (secondary N) is 2. The lowest BCUT2D eigenvalue weighted by Gasteiger charge is -2.16. The summed E-state index contributed by atoms with van der Waals surface area (Å²) < 4.78 is 10.6. The molecule has 186 valence electrons. The normalized spacial score (nSPS) is 11.5. The lowest BCUT2D eigenvalue weighted by molar-refractivity contribution is -0.384. The molecule has 0 heterocycles. The summed E-state index contributed by atoms with van der Waals surface area (Å²) in [5.74, 6) is 0.127. The van der Waals surface area contributed by atoms with Gasteiger partial charge in [0, 0.05) is 18.6 Å². The maximum Gasteiger partial charge on any atom is 0.407 e. The molecule has 2 amide bonds. The quantitative estimate of drug-likeness (QED) is 0.237. The third-order valence-corrected chi connectivity index (χ3v) is 4.99. The lowest BCUT2D eigenvalue weighted by atomic mass is 10.1. The van der Waals surface area contributed by atoms with Gasteiger partial charge >= 0.3 is 6.09 Å². The number of benzene rings is 3. The van der Waals surface area contributed by atoms with Crippen LogP contribution in [0.3, 0.4) is 0 Å². The number of hydrogen-bond donors (Lipinski definition) is 2. The zero-order chi connectivity index (χ0) is 25.8. The minimum Gasteiger partial charge on any atom is -0.489 e. The van der Waals surface area contributed by atoms with Crippen molar-refractivity contribution in [3.8, 4) is 5.75 Å². The Morgan fingerprint density at radius 3 is 2.33 bits per heavy atom. The minimum atomic E-state index is -0.862. The molecule has 2 N–H and O–H groups in total. The summed E-state index contributed by atoms with van der Waals surface area (Å²) in [6, 6.07) is 21.6. The molecule has 0 aliphatic rings. The summed E-state index contributed by atoms with van der Waals surface area (Å²) in [5.41, 5.74) is 4.88. The van der Waals surface area contributed by atoms with Crippen molar-refractivity contribution < 1.29 is 24.0 Å². The number of nitrogens with zero attached hydrogens (tertiary/aromatic N) is 2. The summed E-state index contributed by atoms with van der Waals surface area (Å²) in [6.45, 7) is 2.14. The smallest absolute Gasteiger partial charge is 0.407 e. The van der Waals surface area contributed by atoms with E-state index >= 15 is 0 Å². The molecule has 0 aromatic heterocycles. The molecule has 0 saturated carbocycles. The van der Waals surface area contributed by atoms with Gasteiger partial charge < -0.3 is 14.8 Å². The number of nitro groups is 1. The van der Waals surface area contributed by atoms with Gasteiger partial charge in [0.1, 0.15) is 18.4 Å². The number of hydrogen-bond acceptors (Lipinski definition) is 7. The predicted molar refractivity (Wildman–Crippen MR) is 134 cm³/mol. The molecule has 0 aliphatic heterocycles. The molecule has 1 atom stereocenters. The number of nitro benzene ring substituents is 1. The van der Waals surface area contributed by atoms with E-state index in [1.165, 1.54) is 18.3 Å². The van der Waals surface area contributed by atoms with Crippen molar-refractivity contribution in [3.63, 3.8) is 0 Å². The van der Waals surface area contributed by atoms with E-state index in [0.717, 1.165) is 16.7 Å². The highest BCUT2D eigenvalue weighted by molar-refractivity contribution is 5.87. The van der Waals surface area contributed by atoms with Crippen LogP contribution in [0, 0.1) is 10.1 Å². The van der Waals surface area contributed by atoms with Crippen molar-refractivity contribution in [2.24, 2.45) is 5.10 Å². The Morgan fingerprint density at radius 1 is 1.00 bits per heavy atom. The first-order valence-electron chi connectivity index (χ1n) is 11.2. The molecule has 10 nitrogen and oxygen atoms in total. The Bertz CT molecular complexity index is 1180. The molecule has 0 unspecified atom stereocenters. The number of ether oxygens (including phenoxy) is 2. The van der Waals surface area contributed by atoms with Crippen LogP contribution in [-0.2, 0) is 22.6 Å². The van der Waals surface area contributed by atoms with Crippen LogP contribution in [0.4, 0.5) is 10.5 Å². The van der Waals surface area contributed by atoms with Crippen molar-refractivity contribution in [1.82, 2.24) is 10.7 Å². The summed E-state index contributed by atoms with van der Waals surface area (Å²) in [6.07, 6.45) is 1.07. The highest BCUT2D eigenvalue weighted by atomic mass is 16.6. The Labute approximate surface area is 208 Å². The molecule has 0 saturated heterocycles. The van der Waals surface area contributed by atoms with Gasteiger partial charge in [0.15, 0.2) is 0 Å². The van der Waals surface area contributed by atoms with E-state index in [2.05, 4.69) is 15.8 Å². The van der Waals surface area contributed by atoms with Gasteiger partial charge in [-0.2, -0.15) is 5.10 Å². The first kappa shape index (κ1) is 25.9. The van der Waals surface area contributed by atoms with E-state index in [0.29, 0.717) is 5.75 Å². The van der Waals surface area contributed by atoms with E-state index in [-0.39, 0.29) is 25.3 Å². The first-order valence-corrected chi connectivity index (χ1v) is 11.2. The Morgan fingerprint density at radius 2 is 1.69 bits per heavy atom. The van der Waals surface area contributed by atoms with Gasteiger partial charge in [-0.1, -0.05) is 30.3 Å². The fraction of sp³-hybridized carbons (Fsp3) is 0.192. The second kappa shape index (κ2) is 13.2. The van der Waals surface area contributed by atoms with Crippen LogP contribution < -0.4 is 15.5 Å². The fourth-order valence-electron chi connectivity index (χ4n) is 3.15. The van der Waals surface area contributed by atoms with Crippen LogP contribution in [0.15, 0.2) is 84.0 Å². The minimum absolute atomic E-state index is 0.0255. The molecule has 3 rings (SSSR count). The van der Waals surface area contributed by atoms with E-state index in [1.807, 2.05) is 30.3 Å². The maximum atomic E-state index is 12.7. The molecule has 0 aliphatic carbocycles. The predicted octanol–water partition coefficient (Wildman–Crippen LogP) is 3.98. The van der Waals surface area contributed by atoms with Crippen molar-refractivity contribution in [2.75, 3.05) is 6.61 Å². The first-order chi connectivity index (χ1) is 17.4. The van der Waals surface area contributed by atoms with Gasteiger partial charge in [0.2, 0.25) is 0 Å². The number of alkyl carbamates (subject to hydrolysis) is 1. The average Bonchev–Trinajstić information content (AvgIpc) is 2.89. The second-order valence-electron chi connectivity index (χ2n) is 7.62. The van der Waals surface area contributed by atoms with Crippen LogP contribution in [0.1, 0.15) is 23.6 Å². The summed E-state index contributed by atoms with van der Waals surface area (Å²) in [4.78, 5) is 34.8. The largest absolute Gasteiger partial charge is 0.489 e. The van der Waals surface area contributed by atoms with Gasteiger partial charge in [0.25, 0.3) is 11.6 Å². The molecule has 3 aromatic carbocycles. The highest BCUT2D eigenvalue weighted by Gasteiger charge is 2.21. The second-order valence-corrected chi connectivity index (χ2v) is 7.62. The average molecular weight is 491 g/mol. The van der Waals surface area contributed by atoms with Crippen molar-refractivity contribution in [3.05, 3.63) is 106 Å². The number of carbonyl (C=O) groups is 2. The summed E-state index contributed by atoms with van der Waals surface area (Å²) in [7, 11) is 0. The number of non-ortho nitro benzene ring substituents is 1. The monoisotopic (exact) mass is 490 g/mol. The van der Waals surface area contributed by atoms with E-state index < -0.39 is 23.0 Å². The molecule has 0 radical (unpaired) electrons. The third-order valence-electron chi connectivity index (χ3n) is 4.99. The van der Waals surface area contributed by atoms with Crippen molar-refractivity contribution in [2.45, 2.75) is 26.0 Å². The Balaban J connectivity index is 1.53. The van der Waals surface area contributed by atoms with Crippen molar-refractivity contribution >= 4 is 23.9 Å². The molecule has 3 aromatic rings. The summed E-state index contributed by atoms with van der Waals surface area (Å²) in [5, 5.41) is 17.3. The zero-order valence-corrected chi connectivity index (χ0v) is 19.6. The van der Waals surface area contributed by atoms with Gasteiger partial charge in [-0.25, -0.2) is 10.2 Å². The fourth-order valence-corrected chi connectivity index (χ4v) is 3.15. The van der Waals surface area contributed by atoms with E-state index in [1.54, 1.807) is 43.3 Å². The molecule has 0 spiro atoms. The van der Waals surface area contributed by atoms with Crippen LogP contribution in [0.2, 0.25) is 0 Å². The number of carbonyl (C=O) groups excluding carboxylic acids is 2. The van der Waals surface area contributed by atoms with Gasteiger partial charge in [-0.15, -0.1) is 0 Å². The molecular formula is C26H26N4O6. The van der Waals surface area contributed by atoms with Gasteiger partial charge in [-0.05, 0) is 60.0 Å². The number of hydrazone groups is 1. The third kappa shape index (κ3) is 8.24. The molecule has 36 heavy (non-hydrogen) atoms. The van der Waals surface area contributed by atoms with E-state index in [9.17, 15) is 19.7 Å². The Hall–Kier alpha value is -4.73. The molecule has 0 bridgehead atoms. The van der Waals surface area contributed by atoms with E-state index in [4.69, 9.17) is 9.47 Å².